The fourth-order valence-electron chi connectivity index (χ4n) is 1.50. The Morgan fingerprint density at radius 3 is 2.12 bits per heavy atom. The lowest BCUT2D eigenvalue weighted by Crippen LogP contribution is -2.22. The van der Waals surface area contributed by atoms with E-state index in [0.29, 0.717) is 5.92 Å². The molecule has 1 aromatic heterocycles. The zero-order chi connectivity index (χ0) is 13.3. The van der Waals surface area contributed by atoms with Crippen molar-refractivity contribution in [3.8, 4) is 0 Å². The molecule has 0 bridgehead atoms. The van der Waals surface area contributed by atoms with E-state index in [9.17, 15) is 0 Å². The van der Waals surface area contributed by atoms with Gasteiger partial charge in [-0.25, -0.2) is 0 Å². The first kappa shape index (κ1) is 15.5. The Morgan fingerprint density at radius 1 is 1.12 bits per heavy atom. The number of hydrogen-bond donors (Lipinski definition) is 0. The van der Waals surface area contributed by atoms with Gasteiger partial charge in [-0.2, -0.15) is 0 Å². The number of aliphatic imine (C=N–C) groups is 2. The summed E-state index contributed by atoms with van der Waals surface area (Å²) in [6.45, 7) is 8.22. The summed E-state index contributed by atoms with van der Waals surface area (Å²) in [5.41, 5.74) is 2.76. The van der Waals surface area contributed by atoms with Crippen LogP contribution in [0.1, 0.15) is 33.4 Å². The first-order chi connectivity index (χ1) is 8.20. The number of rotatable bonds is 3. The first-order valence-corrected chi connectivity index (χ1v) is 6.06. The molecule has 1 aromatic rings. The van der Waals surface area contributed by atoms with Crippen molar-refractivity contribution in [3.05, 3.63) is 30.1 Å². The molecule has 0 amide bonds. The van der Waals surface area contributed by atoms with Crippen LogP contribution < -0.4 is 0 Å². The Bertz CT molecular complexity index is 364. The van der Waals surface area contributed by atoms with Crippen LogP contribution >= 0.6 is 0 Å². The Morgan fingerprint density at radius 2 is 1.76 bits per heavy atom. The van der Waals surface area contributed by atoms with E-state index in [1.54, 1.807) is 20.3 Å². The molecular weight excluding hydrogens is 210 g/mol. The molecule has 0 radical (unpaired) electrons. The smallest absolute Gasteiger partial charge is 0.104 e. The van der Waals surface area contributed by atoms with Gasteiger partial charge in [-0.05, 0) is 18.1 Å². The van der Waals surface area contributed by atoms with E-state index in [1.807, 2.05) is 32.0 Å². The molecule has 94 valence electrons. The van der Waals surface area contributed by atoms with E-state index in [-0.39, 0.29) is 0 Å². The van der Waals surface area contributed by atoms with Crippen LogP contribution in [0.4, 0.5) is 0 Å². The number of hydrogen-bond acceptors (Lipinski definition) is 3. The van der Waals surface area contributed by atoms with E-state index < -0.39 is 0 Å². The minimum absolute atomic E-state index is 0.357. The van der Waals surface area contributed by atoms with Crippen LogP contribution in [0.3, 0.4) is 0 Å². The molecule has 0 atom stereocenters. The van der Waals surface area contributed by atoms with Crippen molar-refractivity contribution < 1.29 is 0 Å². The van der Waals surface area contributed by atoms with Crippen molar-refractivity contribution in [3.63, 3.8) is 0 Å². The molecule has 0 saturated heterocycles. The second kappa shape index (κ2) is 8.62. The van der Waals surface area contributed by atoms with Crippen LogP contribution in [0, 0.1) is 5.92 Å². The highest BCUT2D eigenvalue weighted by atomic mass is 14.8. The van der Waals surface area contributed by atoms with Gasteiger partial charge in [0.25, 0.3) is 0 Å². The van der Waals surface area contributed by atoms with Crippen LogP contribution in [0.2, 0.25) is 0 Å². The van der Waals surface area contributed by atoms with Crippen LogP contribution in [-0.4, -0.2) is 30.5 Å². The molecule has 0 N–H and O–H groups in total. The minimum Gasteiger partial charge on any atom is -0.290 e. The Kier molecular flexibility index (Phi) is 7.85. The quantitative estimate of drug-likeness (QED) is 0.738. The Hall–Kier alpha value is -1.51. The summed E-state index contributed by atoms with van der Waals surface area (Å²) in [5.74, 6) is 0.357. The largest absolute Gasteiger partial charge is 0.290 e. The zero-order valence-electron chi connectivity index (χ0n) is 11.7. The molecule has 0 spiro atoms. The van der Waals surface area contributed by atoms with Gasteiger partial charge in [0, 0.05) is 20.3 Å². The van der Waals surface area contributed by atoms with Crippen molar-refractivity contribution >= 4 is 11.4 Å². The first-order valence-electron chi connectivity index (χ1n) is 6.06. The highest BCUT2D eigenvalue weighted by molar-refractivity contribution is 6.48. The molecule has 0 unspecified atom stereocenters. The van der Waals surface area contributed by atoms with Crippen molar-refractivity contribution in [2.24, 2.45) is 15.9 Å². The Labute approximate surface area is 105 Å². The predicted molar refractivity (Wildman–Crippen MR) is 76.2 cm³/mol. The third-order valence-electron chi connectivity index (χ3n) is 2.16. The molecule has 1 heterocycles. The molecule has 17 heavy (non-hydrogen) atoms. The van der Waals surface area contributed by atoms with Crippen molar-refractivity contribution in [1.29, 1.82) is 0 Å². The summed E-state index contributed by atoms with van der Waals surface area (Å²) in [6.07, 6.45) is 1.77. The van der Waals surface area contributed by atoms with Crippen LogP contribution in [0.25, 0.3) is 0 Å². The highest BCUT2D eigenvalue weighted by Gasteiger charge is 2.14. The third-order valence-corrected chi connectivity index (χ3v) is 2.16. The highest BCUT2D eigenvalue weighted by Crippen LogP contribution is 2.06. The standard InChI is InChI=1S/C12H17N3.C2H6/c1-9(2)11(13-3)12(14-4)10-7-5-6-8-15-10;1-2/h5-9H,1-4H3;1-2H3. The van der Waals surface area contributed by atoms with Crippen molar-refractivity contribution in [1.82, 2.24) is 4.98 Å². The predicted octanol–water partition coefficient (Wildman–Crippen LogP) is 3.25. The van der Waals surface area contributed by atoms with Gasteiger partial charge in [0.1, 0.15) is 5.71 Å². The maximum atomic E-state index is 4.29. The van der Waals surface area contributed by atoms with Crippen molar-refractivity contribution in [2.75, 3.05) is 14.1 Å². The molecule has 0 aliphatic heterocycles. The molecular formula is C14H23N3. The summed E-state index contributed by atoms with van der Waals surface area (Å²) in [7, 11) is 3.57. The fraction of sp³-hybridized carbons (Fsp3) is 0.500. The van der Waals surface area contributed by atoms with E-state index in [2.05, 4.69) is 28.8 Å². The summed E-state index contributed by atoms with van der Waals surface area (Å²) in [4.78, 5) is 12.8. The van der Waals surface area contributed by atoms with Crippen LogP contribution in [0.5, 0.6) is 0 Å². The van der Waals surface area contributed by atoms with E-state index in [4.69, 9.17) is 0 Å². The average Bonchev–Trinajstić information content (AvgIpc) is 2.38. The molecule has 3 heteroatoms. The average molecular weight is 233 g/mol. The topological polar surface area (TPSA) is 37.6 Å². The number of nitrogens with zero attached hydrogens (tertiary/aromatic N) is 3. The summed E-state index contributed by atoms with van der Waals surface area (Å²) in [5, 5.41) is 0. The van der Waals surface area contributed by atoms with Gasteiger partial charge in [0.15, 0.2) is 0 Å². The summed E-state index contributed by atoms with van der Waals surface area (Å²) in [6, 6.07) is 5.81. The number of aromatic nitrogens is 1. The van der Waals surface area contributed by atoms with Crippen LogP contribution in [-0.2, 0) is 0 Å². The molecule has 0 aromatic carbocycles. The lowest BCUT2D eigenvalue weighted by Gasteiger charge is -2.11. The van der Waals surface area contributed by atoms with Gasteiger partial charge in [-0.1, -0.05) is 33.8 Å². The van der Waals surface area contributed by atoms with Crippen LogP contribution in [0.15, 0.2) is 34.4 Å². The maximum absolute atomic E-state index is 4.29. The summed E-state index contributed by atoms with van der Waals surface area (Å²) < 4.78 is 0. The molecule has 3 nitrogen and oxygen atoms in total. The lowest BCUT2D eigenvalue weighted by atomic mass is 10.0. The third kappa shape index (κ3) is 4.47. The molecule has 0 aliphatic rings. The lowest BCUT2D eigenvalue weighted by molar-refractivity contribution is 0.890. The normalized spacial score (nSPS) is 12.2. The van der Waals surface area contributed by atoms with Gasteiger partial charge in [-0.15, -0.1) is 0 Å². The number of pyridine rings is 1. The molecule has 0 fully saturated rings. The molecule has 0 aliphatic carbocycles. The Balaban J connectivity index is 0.00000121. The maximum Gasteiger partial charge on any atom is 0.104 e. The van der Waals surface area contributed by atoms with Gasteiger partial charge >= 0.3 is 0 Å². The second-order valence-electron chi connectivity index (χ2n) is 3.55. The SMILES string of the molecule is CC.CN=C(C(=NC)C(C)C)c1ccccn1. The fourth-order valence-corrected chi connectivity index (χ4v) is 1.50. The monoisotopic (exact) mass is 233 g/mol. The molecule has 1 rings (SSSR count). The van der Waals surface area contributed by atoms with E-state index in [1.165, 1.54) is 0 Å². The minimum atomic E-state index is 0.357. The second-order valence-corrected chi connectivity index (χ2v) is 3.55. The molecule has 0 saturated carbocycles. The van der Waals surface area contributed by atoms with Gasteiger partial charge < -0.3 is 0 Å². The van der Waals surface area contributed by atoms with E-state index in [0.717, 1.165) is 17.1 Å². The van der Waals surface area contributed by atoms with Gasteiger partial charge in [0.05, 0.1) is 11.4 Å². The van der Waals surface area contributed by atoms with Gasteiger partial charge in [0.2, 0.25) is 0 Å². The van der Waals surface area contributed by atoms with Gasteiger partial charge in [-0.3, -0.25) is 15.0 Å². The summed E-state index contributed by atoms with van der Waals surface area (Å²) >= 11 is 0. The van der Waals surface area contributed by atoms with Crippen molar-refractivity contribution in [2.45, 2.75) is 27.7 Å². The zero-order valence-corrected chi connectivity index (χ0v) is 11.7. The van der Waals surface area contributed by atoms with E-state index >= 15 is 0 Å².